The highest BCUT2D eigenvalue weighted by Crippen LogP contribution is 2.38. The minimum Gasteiger partial charge on any atom is -0.493 e. The Morgan fingerprint density at radius 2 is 1.42 bits per heavy atom. The Morgan fingerprint density at radius 1 is 0.816 bits per heavy atom. The third-order valence-corrected chi connectivity index (χ3v) is 7.89. The van der Waals surface area contributed by atoms with E-state index in [0.29, 0.717) is 18.0 Å². The fourth-order valence-corrected chi connectivity index (χ4v) is 5.96. The summed E-state index contributed by atoms with van der Waals surface area (Å²) in [6.07, 6.45) is 0.756. The van der Waals surface area contributed by atoms with E-state index >= 15 is 0 Å². The fraction of sp³-hybridized carbons (Fsp3) is 0.290. The van der Waals surface area contributed by atoms with E-state index in [9.17, 15) is 4.79 Å². The average Bonchev–Trinajstić information content (AvgIpc) is 2.98. The molecule has 4 aromatic rings. The normalized spacial score (nSPS) is 15.2. The number of fused-ring (bicyclic) bond motifs is 3. The van der Waals surface area contributed by atoms with Crippen LogP contribution in [0.2, 0.25) is 0 Å². The van der Waals surface area contributed by atoms with Gasteiger partial charge in [0.1, 0.15) is 11.9 Å². The summed E-state index contributed by atoms with van der Waals surface area (Å²) < 4.78 is 12.8. The molecule has 0 amide bonds. The van der Waals surface area contributed by atoms with Crippen molar-refractivity contribution in [1.29, 1.82) is 0 Å². The number of anilines is 1. The Labute approximate surface area is 222 Å². The second kappa shape index (κ2) is 10.3. The Kier molecular flexibility index (Phi) is 6.60. The molecule has 1 fully saturated rings. The maximum absolute atomic E-state index is 13.1. The van der Waals surface area contributed by atoms with Gasteiger partial charge in [-0.05, 0) is 24.1 Å². The van der Waals surface area contributed by atoms with Gasteiger partial charge in [-0.1, -0.05) is 60.7 Å². The molecule has 38 heavy (non-hydrogen) atoms. The smallest absolute Gasteiger partial charge is 0.350 e. The van der Waals surface area contributed by atoms with E-state index in [2.05, 4.69) is 76.6 Å². The number of quaternary nitrogens is 1. The number of aryl methyl sites for hydroxylation is 1. The second-order valence-corrected chi connectivity index (χ2v) is 9.95. The van der Waals surface area contributed by atoms with Crippen molar-refractivity contribution in [2.45, 2.75) is 19.0 Å². The van der Waals surface area contributed by atoms with Crippen molar-refractivity contribution in [2.24, 2.45) is 0 Å². The summed E-state index contributed by atoms with van der Waals surface area (Å²) in [7, 11) is 3.29. The minimum absolute atomic E-state index is 0.195. The molecule has 0 radical (unpaired) electrons. The van der Waals surface area contributed by atoms with Crippen LogP contribution in [0.3, 0.4) is 0 Å². The zero-order valence-corrected chi connectivity index (χ0v) is 21.9. The number of methoxy groups -OCH3 is 2. The molecule has 1 N–H and O–H groups in total. The van der Waals surface area contributed by atoms with Gasteiger partial charge in [0.05, 0.1) is 46.1 Å². The first kappa shape index (κ1) is 24.2. The topological polar surface area (TPSA) is 61.0 Å². The van der Waals surface area contributed by atoms with Crippen LogP contribution in [0.1, 0.15) is 22.7 Å². The predicted octanol–water partition coefficient (Wildman–Crippen LogP) is 2.98. The first-order valence-corrected chi connectivity index (χ1v) is 13.2. The number of nitrogens with zero attached hydrogens (tertiary/aromatic N) is 3. The van der Waals surface area contributed by atoms with Crippen molar-refractivity contribution in [3.8, 4) is 22.8 Å². The maximum atomic E-state index is 13.1. The molecule has 2 aliphatic rings. The van der Waals surface area contributed by atoms with Gasteiger partial charge in [-0.15, -0.1) is 0 Å². The number of benzene rings is 3. The lowest BCUT2D eigenvalue weighted by Gasteiger charge is -2.37. The van der Waals surface area contributed by atoms with Gasteiger partial charge in [-0.3, -0.25) is 4.57 Å². The molecule has 7 nitrogen and oxygen atoms in total. The Balaban J connectivity index is 1.28. The summed E-state index contributed by atoms with van der Waals surface area (Å²) in [5, 5.41) is 0. The summed E-state index contributed by atoms with van der Waals surface area (Å²) in [5.74, 6) is 2.12. The van der Waals surface area contributed by atoms with Crippen LogP contribution in [0.5, 0.6) is 11.5 Å². The fourth-order valence-electron chi connectivity index (χ4n) is 5.96. The SMILES string of the molecule is COc1cc2c(cc1OC)-c1cc(N3CC[NH+](C(c4ccccc4)c4ccccc4)CC3)nc(=O)n1CC2. The lowest BCUT2D eigenvalue weighted by atomic mass is 9.96. The van der Waals surface area contributed by atoms with Crippen molar-refractivity contribution < 1.29 is 14.4 Å². The van der Waals surface area contributed by atoms with E-state index in [0.717, 1.165) is 55.2 Å². The van der Waals surface area contributed by atoms with E-state index in [1.807, 2.05) is 12.1 Å². The Bertz CT molecular complexity index is 1440. The average molecular weight is 510 g/mol. The molecule has 0 bridgehead atoms. The molecule has 0 atom stereocenters. The molecular weight excluding hydrogens is 476 g/mol. The molecule has 3 heterocycles. The van der Waals surface area contributed by atoms with Crippen LogP contribution < -0.4 is 25.0 Å². The lowest BCUT2D eigenvalue weighted by Crippen LogP contribution is -3.15. The number of aromatic nitrogens is 2. The van der Waals surface area contributed by atoms with E-state index in [1.165, 1.54) is 16.0 Å². The maximum Gasteiger partial charge on any atom is 0.350 e. The molecule has 194 valence electrons. The van der Waals surface area contributed by atoms with Crippen molar-refractivity contribution >= 4 is 5.82 Å². The number of hydrogen-bond acceptors (Lipinski definition) is 5. The van der Waals surface area contributed by atoms with Crippen molar-refractivity contribution in [3.05, 3.63) is 106 Å². The molecule has 0 spiro atoms. The van der Waals surface area contributed by atoms with Gasteiger partial charge in [-0.2, -0.15) is 4.98 Å². The quantitative estimate of drug-likeness (QED) is 0.433. The first-order chi connectivity index (χ1) is 18.7. The minimum atomic E-state index is -0.195. The van der Waals surface area contributed by atoms with E-state index < -0.39 is 0 Å². The number of ether oxygens (including phenoxy) is 2. The molecule has 0 unspecified atom stereocenters. The molecule has 1 saturated heterocycles. The Hall–Kier alpha value is -4.10. The number of piperazine rings is 1. The summed E-state index contributed by atoms with van der Waals surface area (Å²) >= 11 is 0. The highest BCUT2D eigenvalue weighted by Gasteiger charge is 2.31. The van der Waals surface area contributed by atoms with E-state index in [1.54, 1.807) is 18.8 Å². The molecule has 0 aliphatic carbocycles. The van der Waals surface area contributed by atoms with Crippen LogP contribution >= 0.6 is 0 Å². The third-order valence-electron chi connectivity index (χ3n) is 7.89. The van der Waals surface area contributed by atoms with Gasteiger partial charge in [-0.25, -0.2) is 4.79 Å². The largest absolute Gasteiger partial charge is 0.493 e. The van der Waals surface area contributed by atoms with E-state index in [4.69, 9.17) is 9.47 Å². The van der Waals surface area contributed by atoms with Gasteiger partial charge in [0.15, 0.2) is 11.5 Å². The van der Waals surface area contributed by atoms with Crippen LogP contribution in [0, 0.1) is 0 Å². The summed E-state index contributed by atoms with van der Waals surface area (Å²) in [6.45, 7) is 4.18. The lowest BCUT2D eigenvalue weighted by molar-refractivity contribution is -0.926. The van der Waals surface area contributed by atoms with Crippen LogP contribution in [-0.2, 0) is 13.0 Å². The molecular formula is C31H33N4O3+. The second-order valence-electron chi connectivity index (χ2n) is 9.95. The van der Waals surface area contributed by atoms with Gasteiger partial charge in [0, 0.05) is 29.3 Å². The zero-order chi connectivity index (χ0) is 26.1. The summed E-state index contributed by atoms with van der Waals surface area (Å²) in [6, 6.07) is 27.9. The van der Waals surface area contributed by atoms with Gasteiger partial charge >= 0.3 is 5.69 Å². The van der Waals surface area contributed by atoms with Crippen molar-refractivity contribution in [1.82, 2.24) is 9.55 Å². The highest BCUT2D eigenvalue weighted by atomic mass is 16.5. The standard InChI is InChI=1S/C31H32N4O3/c1-37-27-19-24-13-14-35-26(25(24)20-28(27)38-2)21-29(32-31(35)36)33-15-17-34(18-16-33)30(22-9-5-3-6-10-22)23-11-7-4-8-12-23/h3-12,19-21,30H,13-18H2,1-2H3/p+1. The molecule has 6 rings (SSSR count). The molecule has 1 aromatic heterocycles. The Morgan fingerprint density at radius 3 is 2.03 bits per heavy atom. The van der Waals surface area contributed by atoms with Crippen molar-refractivity contribution in [3.63, 3.8) is 0 Å². The zero-order valence-electron chi connectivity index (χ0n) is 21.9. The van der Waals surface area contributed by atoms with Crippen LogP contribution in [0.25, 0.3) is 11.3 Å². The monoisotopic (exact) mass is 509 g/mol. The van der Waals surface area contributed by atoms with Crippen LogP contribution in [0.4, 0.5) is 5.82 Å². The highest BCUT2D eigenvalue weighted by molar-refractivity contribution is 5.72. The summed E-state index contributed by atoms with van der Waals surface area (Å²) in [5.41, 5.74) is 5.51. The molecule has 2 aliphatic heterocycles. The van der Waals surface area contributed by atoms with Gasteiger partial charge in [0.2, 0.25) is 0 Å². The van der Waals surface area contributed by atoms with Crippen molar-refractivity contribution in [2.75, 3.05) is 45.3 Å². The molecule has 0 saturated carbocycles. The third kappa shape index (κ3) is 4.43. The number of rotatable bonds is 6. The molecule has 7 heteroatoms. The van der Waals surface area contributed by atoms with Crippen LogP contribution in [0.15, 0.2) is 83.7 Å². The first-order valence-electron chi connectivity index (χ1n) is 13.2. The van der Waals surface area contributed by atoms with Gasteiger partial charge in [0.25, 0.3) is 0 Å². The molecule has 3 aromatic carbocycles. The predicted molar refractivity (Wildman–Crippen MR) is 148 cm³/mol. The van der Waals surface area contributed by atoms with Gasteiger partial charge < -0.3 is 19.3 Å². The number of hydrogen-bond donors (Lipinski definition) is 1. The number of nitrogens with one attached hydrogen (secondary N) is 1. The summed E-state index contributed by atoms with van der Waals surface area (Å²) in [4.78, 5) is 21.4. The van der Waals surface area contributed by atoms with Crippen LogP contribution in [-0.4, -0.2) is 49.9 Å². The van der Waals surface area contributed by atoms with E-state index in [-0.39, 0.29) is 11.7 Å².